The number of benzene rings is 2. The molecule has 0 aliphatic carbocycles. The van der Waals surface area contributed by atoms with Crippen molar-refractivity contribution in [2.24, 2.45) is 7.05 Å². The van der Waals surface area contributed by atoms with Gasteiger partial charge in [0, 0.05) is 12.6 Å². The zero-order valence-corrected chi connectivity index (χ0v) is 15.2. The highest BCUT2D eigenvalue weighted by Crippen LogP contribution is 2.33. The second-order valence-electron chi connectivity index (χ2n) is 5.75. The first kappa shape index (κ1) is 18.6. The highest BCUT2D eigenvalue weighted by molar-refractivity contribution is 6.34. The summed E-state index contributed by atoms with van der Waals surface area (Å²) < 4.78 is 20.0. The lowest BCUT2D eigenvalue weighted by atomic mass is 10.2. The third kappa shape index (κ3) is 3.98. The van der Waals surface area contributed by atoms with E-state index in [-0.39, 0.29) is 16.6 Å². The van der Waals surface area contributed by atoms with Crippen LogP contribution in [-0.2, 0) is 7.05 Å². The van der Waals surface area contributed by atoms with E-state index < -0.39 is 17.3 Å². The summed E-state index contributed by atoms with van der Waals surface area (Å²) in [5.41, 5.74) is 0.237. The number of hydrogen-bond acceptors (Lipinski definition) is 4. The van der Waals surface area contributed by atoms with E-state index in [2.05, 4.69) is 10.4 Å². The predicted octanol–water partition coefficient (Wildman–Crippen LogP) is 3.93. The van der Waals surface area contributed by atoms with Gasteiger partial charge in [-0.25, -0.2) is 9.07 Å². The van der Waals surface area contributed by atoms with E-state index in [1.54, 1.807) is 37.3 Å². The van der Waals surface area contributed by atoms with Crippen molar-refractivity contribution in [3.8, 4) is 11.6 Å². The fourth-order valence-electron chi connectivity index (χ4n) is 2.36. The summed E-state index contributed by atoms with van der Waals surface area (Å²) in [6, 6.07) is 12.4. The van der Waals surface area contributed by atoms with Gasteiger partial charge in [-0.3, -0.25) is 9.59 Å². The molecule has 0 radical (unpaired) electrons. The number of halogens is 2. The second-order valence-corrected chi connectivity index (χ2v) is 6.13. The molecular weight excluding hydrogens is 373 g/mol. The van der Waals surface area contributed by atoms with E-state index in [9.17, 15) is 14.0 Å². The fourth-order valence-corrected chi connectivity index (χ4v) is 2.61. The molecule has 0 saturated carbocycles. The summed E-state index contributed by atoms with van der Waals surface area (Å²) in [7, 11) is 1.40. The smallest absolute Gasteiger partial charge is 0.287 e. The van der Waals surface area contributed by atoms with Gasteiger partial charge in [-0.15, -0.1) is 5.10 Å². The molecule has 0 saturated heterocycles. The summed E-state index contributed by atoms with van der Waals surface area (Å²) in [5, 5.41) is 6.35. The van der Waals surface area contributed by atoms with Gasteiger partial charge < -0.3 is 10.1 Å². The second kappa shape index (κ2) is 7.59. The Morgan fingerprint density at radius 3 is 2.59 bits per heavy atom. The van der Waals surface area contributed by atoms with Gasteiger partial charge >= 0.3 is 0 Å². The van der Waals surface area contributed by atoms with Crippen LogP contribution >= 0.6 is 11.6 Å². The number of hydrogen-bond donors (Lipinski definition) is 1. The lowest BCUT2D eigenvalue weighted by Crippen LogP contribution is -2.24. The van der Waals surface area contributed by atoms with Crippen LogP contribution in [0.4, 0.5) is 10.1 Å². The van der Waals surface area contributed by atoms with Crippen molar-refractivity contribution in [2.75, 3.05) is 5.32 Å². The van der Waals surface area contributed by atoms with Crippen molar-refractivity contribution >= 4 is 23.2 Å². The number of rotatable bonds is 4. The van der Waals surface area contributed by atoms with Gasteiger partial charge in [-0.1, -0.05) is 29.8 Å². The maximum absolute atomic E-state index is 13.3. The number of nitrogens with one attached hydrogen (secondary N) is 1. The molecule has 0 bridgehead atoms. The minimum absolute atomic E-state index is 0.0580. The molecule has 0 aliphatic rings. The van der Waals surface area contributed by atoms with Gasteiger partial charge in [0.2, 0.25) is 0 Å². The van der Waals surface area contributed by atoms with Crippen LogP contribution in [-0.4, -0.2) is 15.7 Å². The van der Waals surface area contributed by atoms with E-state index in [0.29, 0.717) is 16.9 Å². The highest BCUT2D eigenvalue weighted by atomic mass is 35.5. The molecule has 0 atom stereocenters. The third-order valence-electron chi connectivity index (χ3n) is 3.77. The van der Waals surface area contributed by atoms with E-state index >= 15 is 0 Å². The minimum Gasteiger partial charge on any atom is -0.436 e. The summed E-state index contributed by atoms with van der Waals surface area (Å²) in [6.07, 6.45) is 0. The van der Waals surface area contributed by atoms with Gasteiger partial charge in [-0.05, 0) is 42.8 Å². The maximum atomic E-state index is 13.3. The molecule has 0 unspecified atom stereocenters. The Balaban J connectivity index is 2.03. The predicted molar refractivity (Wildman–Crippen MR) is 100 cm³/mol. The standard InChI is InChI=1S/C19H15ClFN3O3/c1-11-10-13(21)8-9-14(11)27-18-16(15(20)19(26)24(2)23-18)22-17(25)12-6-4-3-5-7-12/h3-10H,1-2H3,(H,22,25). The van der Waals surface area contributed by atoms with Crippen LogP contribution in [0.25, 0.3) is 0 Å². The Kier molecular flexibility index (Phi) is 5.23. The molecule has 2 aromatic carbocycles. The minimum atomic E-state index is -0.594. The molecule has 0 aliphatic heterocycles. The van der Waals surface area contributed by atoms with Crippen molar-refractivity contribution in [1.29, 1.82) is 0 Å². The van der Waals surface area contributed by atoms with Gasteiger partial charge in [-0.2, -0.15) is 0 Å². The number of aryl methyl sites for hydroxylation is 2. The molecule has 3 rings (SSSR count). The maximum Gasteiger partial charge on any atom is 0.287 e. The van der Waals surface area contributed by atoms with Crippen LogP contribution in [0.2, 0.25) is 5.02 Å². The first-order valence-corrected chi connectivity index (χ1v) is 8.32. The van der Waals surface area contributed by atoms with Crippen LogP contribution in [0.3, 0.4) is 0 Å². The van der Waals surface area contributed by atoms with Gasteiger partial charge in [0.15, 0.2) is 0 Å². The normalized spacial score (nSPS) is 10.5. The number of ether oxygens (including phenoxy) is 1. The Hall–Kier alpha value is -3.19. The Morgan fingerprint density at radius 1 is 1.22 bits per heavy atom. The fraction of sp³-hybridized carbons (Fsp3) is 0.105. The SMILES string of the molecule is Cc1cc(F)ccc1Oc1nn(C)c(=O)c(Cl)c1NC(=O)c1ccccc1. The van der Waals surface area contributed by atoms with E-state index in [1.807, 2.05) is 0 Å². The topological polar surface area (TPSA) is 73.2 Å². The zero-order chi connectivity index (χ0) is 19.6. The van der Waals surface area contributed by atoms with E-state index in [4.69, 9.17) is 16.3 Å². The van der Waals surface area contributed by atoms with Crippen LogP contribution < -0.4 is 15.6 Å². The number of carbonyl (C=O) groups excluding carboxylic acids is 1. The summed E-state index contributed by atoms with van der Waals surface area (Å²) >= 11 is 6.14. The molecule has 1 amide bonds. The molecule has 8 heteroatoms. The number of nitrogens with zero attached hydrogens (tertiary/aromatic N) is 2. The van der Waals surface area contributed by atoms with Crippen LogP contribution in [0, 0.1) is 12.7 Å². The lowest BCUT2D eigenvalue weighted by molar-refractivity contribution is 0.102. The van der Waals surface area contributed by atoms with E-state index in [0.717, 1.165) is 4.68 Å². The molecule has 1 aromatic heterocycles. The molecule has 6 nitrogen and oxygen atoms in total. The number of amides is 1. The van der Waals surface area contributed by atoms with Gasteiger partial charge in [0.25, 0.3) is 17.3 Å². The Morgan fingerprint density at radius 2 is 1.93 bits per heavy atom. The van der Waals surface area contributed by atoms with E-state index in [1.165, 1.54) is 25.2 Å². The molecule has 138 valence electrons. The Bertz CT molecular complexity index is 1070. The average Bonchev–Trinajstić information content (AvgIpc) is 2.65. The first-order chi connectivity index (χ1) is 12.9. The van der Waals surface area contributed by atoms with Crippen molar-refractivity contribution < 1.29 is 13.9 Å². The molecule has 27 heavy (non-hydrogen) atoms. The molecular formula is C19H15ClFN3O3. The molecule has 1 N–H and O–H groups in total. The van der Waals surface area contributed by atoms with Gasteiger partial charge in [0.05, 0.1) is 0 Å². The van der Waals surface area contributed by atoms with Crippen molar-refractivity contribution in [1.82, 2.24) is 9.78 Å². The third-order valence-corrected chi connectivity index (χ3v) is 4.12. The van der Waals surface area contributed by atoms with Crippen molar-refractivity contribution in [2.45, 2.75) is 6.92 Å². The largest absolute Gasteiger partial charge is 0.436 e. The summed E-state index contributed by atoms with van der Waals surface area (Å²) in [4.78, 5) is 24.6. The van der Waals surface area contributed by atoms with Crippen LogP contribution in [0.1, 0.15) is 15.9 Å². The summed E-state index contributed by atoms with van der Waals surface area (Å²) in [5.74, 6) is -0.660. The highest BCUT2D eigenvalue weighted by Gasteiger charge is 2.20. The quantitative estimate of drug-likeness (QED) is 0.736. The molecule has 0 fully saturated rings. The van der Waals surface area contributed by atoms with Crippen LogP contribution in [0.5, 0.6) is 11.6 Å². The molecule has 0 spiro atoms. The molecule has 3 aromatic rings. The first-order valence-electron chi connectivity index (χ1n) is 7.94. The number of aromatic nitrogens is 2. The average molecular weight is 388 g/mol. The lowest BCUT2D eigenvalue weighted by Gasteiger charge is -2.15. The number of anilines is 1. The molecule has 1 heterocycles. The van der Waals surface area contributed by atoms with Crippen LogP contribution in [0.15, 0.2) is 53.3 Å². The van der Waals surface area contributed by atoms with Crippen molar-refractivity contribution in [3.63, 3.8) is 0 Å². The van der Waals surface area contributed by atoms with Crippen molar-refractivity contribution in [3.05, 3.63) is 80.9 Å². The Labute approximate surface area is 159 Å². The summed E-state index contributed by atoms with van der Waals surface area (Å²) in [6.45, 7) is 1.66. The monoisotopic (exact) mass is 387 g/mol. The zero-order valence-electron chi connectivity index (χ0n) is 14.5. The van der Waals surface area contributed by atoms with Gasteiger partial charge in [0.1, 0.15) is 22.3 Å². The number of carbonyl (C=O) groups is 1.